The average molecular weight is 437 g/mol. The van der Waals surface area contributed by atoms with Crippen LogP contribution in [0.2, 0.25) is 0 Å². The highest BCUT2D eigenvalue weighted by atomic mass is 32.2. The number of hydrazine groups is 1. The number of urea groups is 1. The fourth-order valence-electron chi connectivity index (χ4n) is 3.19. The number of imide groups is 1. The number of aromatic nitrogens is 4. The summed E-state index contributed by atoms with van der Waals surface area (Å²) in [6.45, 7) is 3.55. The lowest BCUT2D eigenvalue weighted by atomic mass is 9.92. The molecule has 0 unspecified atom stereocenters. The van der Waals surface area contributed by atoms with E-state index in [0.29, 0.717) is 15.7 Å². The molecule has 0 spiro atoms. The fraction of sp³-hybridized carbons (Fsp3) is 0.200. The molecule has 3 aromatic rings. The Morgan fingerprint density at radius 3 is 2.68 bits per heavy atom. The molecule has 11 heteroatoms. The smallest absolute Gasteiger partial charge is 0.318 e. The first kappa shape index (κ1) is 20.5. The van der Waals surface area contributed by atoms with Gasteiger partial charge >= 0.3 is 6.03 Å². The molecule has 0 radical (unpaired) electrons. The van der Waals surface area contributed by atoms with E-state index in [0.717, 1.165) is 23.0 Å². The number of tetrazole rings is 1. The van der Waals surface area contributed by atoms with Crippen LogP contribution in [0.4, 0.5) is 4.79 Å². The second kappa shape index (κ2) is 8.19. The van der Waals surface area contributed by atoms with E-state index >= 15 is 0 Å². The van der Waals surface area contributed by atoms with Crippen LogP contribution in [0.3, 0.4) is 0 Å². The third kappa shape index (κ3) is 3.99. The van der Waals surface area contributed by atoms with Gasteiger partial charge < -0.3 is 5.32 Å². The van der Waals surface area contributed by atoms with Crippen LogP contribution < -0.4 is 10.7 Å². The molecule has 158 valence electrons. The number of carbonyl (C=O) groups is 3. The van der Waals surface area contributed by atoms with Gasteiger partial charge in [0.05, 0.1) is 11.4 Å². The molecule has 4 rings (SSSR count). The highest BCUT2D eigenvalue weighted by Gasteiger charge is 2.49. The standard InChI is InChI=1S/C20H19N7O3S/c1-13-7-6-10-15(11-13)26-19(22-24-25-26)31-12-16(28)23-27-17(29)20(2,21-18(27)30)14-8-4-3-5-9-14/h3-11H,12H2,1-2H3,(H,21,30)(H,23,28)/t20-/m1/s1. The van der Waals surface area contributed by atoms with Crippen molar-refractivity contribution in [3.05, 3.63) is 65.7 Å². The van der Waals surface area contributed by atoms with Gasteiger partial charge in [-0.15, -0.1) is 5.10 Å². The van der Waals surface area contributed by atoms with Gasteiger partial charge in [0.15, 0.2) is 0 Å². The molecule has 1 aliphatic rings. The Hall–Kier alpha value is -3.73. The van der Waals surface area contributed by atoms with E-state index in [1.807, 2.05) is 37.3 Å². The van der Waals surface area contributed by atoms with Crippen molar-refractivity contribution in [2.75, 3.05) is 5.75 Å². The molecule has 1 aromatic heterocycles. The Morgan fingerprint density at radius 1 is 1.16 bits per heavy atom. The maximum Gasteiger partial charge on any atom is 0.344 e. The minimum atomic E-state index is -1.26. The van der Waals surface area contributed by atoms with Crippen LogP contribution in [0.15, 0.2) is 59.8 Å². The first-order chi connectivity index (χ1) is 14.9. The minimum Gasteiger partial charge on any atom is -0.318 e. The largest absolute Gasteiger partial charge is 0.344 e. The Labute approximate surface area is 182 Å². The maximum absolute atomic E-state index is 12.9. The minimum absolute atomic E-state index is 0.0920. The van der Waals surface area contributed by atoms with E-state index in [-0.39, 0.29) is 5.75 Å². The van der Waals surface area contributed by atoms with E-state index < -0.39 is 23.4 Å². The summed E-state index contributed by atoms with van der Waals surface area (Å²) < 4.78 is 1.52. The lowest BCUT2D eigenvalue weighted by molar-refractivity contribution is -0.138. The average Bonchev–Trinajstić information content (AvgIpc) is 3.32. The number of nitrogens with one attached hydrogen (secondary N) is 2. The summed E-state index contributed by atoms with van der Waals surface area (Å²) in [5.74, 6) is -1.19. The van der Waals surface area contributed by atoms with Crippen LogP contribution >= 0.6 is 11.8 Å². The zero-order chi connectivity index (χ0) is 22.0. The van der Waals surface area contributed by atoms with Gasteiger partial charge in [-0.2, -0.15) is 9.69 Å². The summed E-state index contributed by atoms with van der Waals surface area (Å²) >= 11 is 1.09. The molecule has 0 saturated carbocycles. The Bertz CT molecular complexity index is 1150. The number of aryl methyl sites for hydroxylation is 1. The predicted molar refractivity (Wildman–Crippen MR) is 112 cm³/mol. The van der Waals surface area contributed by atoms with E-state index in [1.54, 1.807) is 31.2 Å². The van der Waals surface area contributed by atoms with Crippen molar-refractivity contribution in [1.82, 2.24) is 36.0 Å². The number of nitrogens with zero attached hydrogens (tertiary/aromatic N) is 5. The summed E-state index contributed by atoms with van der Waals surface area (Å²) in [6, 6.07) is 15.8. The predicted octanol–water partition coefficient (Wildman–Crippen LogP) is 1.56. The molecule has 10 nitrogen and oxygen atoms in total. The Morgan fingerprint density at radius 2 is 1.94 bits per heavy atom. The third-order valence-electron chi connectivity index (χ3n) is 4.80. The van der Waals surface area contributed by atoms with Gasteiger partial charge in [-0.1, -0.05) is 54.2 Å². The molecule has 0 bridgehead atoms. The molecule has 1 saturated heterocycles. The Kier molecular flexibility index (Phi) is 5.42. The van der Waals surface area contributed by atoms with Crippen molar-refractivity contribution in [2.45, 2.75) is 24.5 Å². The molecule has 1 atom stereocenters. The second-order valence-electron chi connectivity index (χ2n) is 7.10. The van der Waals surface area contributed by atoms with Crippen LogP contribution in [-0.2, 0) is 15.1 Å². The van der Waals surface area contributed by atoms with Crippen LogP contribution in [0, 0.1) is 6.92 Å². The van der Waals surface area contributed by atoms with E-state index in [9.17, 15) is 14.4 Å². The van der Waals surface area contributed by atoms with Gasteiger partial charge in [-0.3, -0.25) is 15.0 Å². The maximum atomic E-state index is 12.9. The van der Waals surface area contributed by atoms with Crippen LogP contribution in [0.25, 0.3) is 5.69 Å². The second-order valence-corrected chi connectivity index (χ2v) is 8.04. The van der Waals surface area contributed by atoms with E-state index in [2.05, 4.69) is 26.3 Å². The quantitative estimate of drug-likeness (QED) is 0.443. The summed E-state index contributed by atoms with van der Waals surface area (Å²) in [5, 5.41) is 15.3. The topological polar surface area (TPSA) is 122 Å². The van der Waals surface area contributed by atoms with Gasteiger partial charge in [-0.05, 0) is 47.5 Å². The fourth-order valence-corrected chi connectivity index (χ4v) is 3.87. The summed E-state index contributed by atoms with van der Waals surface area (Å²) in [7, 11) is 0. The molecule has 0 aliphatic carbocycles. The third-order valence-corrected chi connectivity index (χ3v) is 5.72. The van der Waals surface area contributed by atoms with Crippen LogP contribution in [-0.4, -0.2) is 48.8 Å². The van der Waals surface area contributed by atoms with E-state index in [4.69, 9.17) is 0 Å². The lowest BCUT2D eigenvalue weighted by Crippen LogP contribution is -2.48. The number of thioether (sulfide) groups is 1. The normalized spacial score (nSPS) is 18.2. The van der Waals surface area contributed by atoms with E-state index in [1.165, 1.54) is 4.68 Å². The number of amides is 4. The molecule has 31 heavy (non-hydrogen) atoms. The molecule has 4 amide bonds. The highest BCUT2D eigenvalue weighted by Crippen LogP contribution is 2.27. The van der Waals surface area contributed by atoms with Crippen molar-refractivity contribution >= 4 is 29.6 Å². The van der Waals surface area contributed by atoms with Gasteiger partial charge in [-0.25, -0.2) is 4.79 Å². The molecule has 2 aromatic carbocycles. The van der Waals surface area contributed by atoms with Crippen molar-refractivity contribution in [3.63, 3.8) is 0 Å². The number of benzene rings is 2. The Balaban J connectivity index is 1.42. The molecular formula is C20H19N7O3S. The summed E-state index contributed by atoms with van der Waals surface area (Å²) in [6.07, 6.45) is 0. The molecule has 2 heterocycles. The number of carbonyl (C=O) groups excluding carboxylic acids is 3. The van der Waals surface area contributed by atoms with Gasteiger partial charge in [0.1, 0.15) is 5.54 Å². The number of rotatable bonds is 6. The summed E-state index contributed by atoms with van der Waals surface area (Å²) in [5.41, 5.74) is 3.54. The van der Waals surface area contributed by atoms with Gasteiger partial charge in [0.2, 0.25) is 11.1 Å². The molecule has 1 fully saturated rings. The first-order valence-electron chi connectivity index (χ1n) is 9.38. The van der Waals surface area contributed by atoms with Crippen LogP contribution in [0.5, 0.6) is 0 Å². The molecule has 2 N–H and O–H groups in total. The SMILES string of the molecule is Cc1cccc(-n2nnnc2SCC(=O)NN2C(=O)N[C@](C)(c3ccccc3)C2=O)c1. The zero-order valence-corrected chi connectivity index (χ0v) is 17.6. The van der Waals surface area contributed by atoms with Crippen LogP contribution in [0.1, 0.15) is 18.1 Å². The van der Waals surface area contributed by atoms with Crippen molar-refractivity contribution in [3.8, 4) is 5.69 Å². The molecule has 1 aliphatic heterocycles. The summed E-state index contributed by atoms with van der Waals surface area (Å²) in [4.78, 5) is 37.7. The van der Waals surface area contributed by atoms with Gasteiger partial charge in [0.25, 0.3) is 5.91 Å². The monoisotopic (exact) mass is 437 g/mol. The zero-order valence-electron chi connectivity index (χ0n) is 16.8. The number of hydrogen-bond acceptors (Lipinski definition) is 7. The number of hydrogen-bond donors (Lipinski definition) is 2. The van der Waals surface area contributed by atoms with Crippen molar-refractivity contribution in [1.29, 1.82) is 0 Å². The highest BCUT2D eigenvalue weighted by molar-refractivity contribution is 7.99. The molecular weight excluding hydrogens is 418 g/mol. The van der Waals surface area contributed by atoms with Crippen molar-refractivity contribution < 1.29 is 14.4 Å². The van der Waals surface area contributed by atoms with Gasteiger partial charge in [0, 0.05) is 0 Å². The lowest BCUT2D eigenvalue weighted by Gasteiger charge is -2.22. The first-order valence-corrected chi connectivity index (χ1v) is 10.4. The van der Waals surface area contributed by atoms with Crippen molar-refractivity contribution in [2.24, 2.45) is 0 Å².